The standard InChI is InChI=1S/C14H15BrN2OS/c1-18-12-7-3-2-5-10(12)13(9-16)19-14-11(15)6-4-8-17-14/h2-8,13H,9,16H2,1H3. The van der Waals surface area contributed by atoms with Crippen LogP contribution in [0.3, 0.4) is 0 Å². The summed E-state index contributed by atoms with van der Waals surface area (Å²) in [5.41, 5.74) is 7.00. The van der Waals surface area contributed by atoms with E-state index in [4.69, 9.17) is 10.5 Å². The van der Waals surface area contributed by atoms with Crippen LogP contribution in [0.5, 0.6) is 5.75 Å². The Hall–Kier alpha value is -1.04. The highest BCUT2D eigenvalue weighted by atomic mass is 79.9. The maximum Gasteiger partial charge on any atom is 0.123 e. The van der Waals surface area contributed by atoms with Crippen molar-refractivity contribution in [1.29, 1.82) is 0 Å². The minimum absolute atomic E-state index is 0.113. The van der Waals surface area contributed by atoms with Crippen molar-refractivity contribution >= 4 is 27.7 Å². The van der Waals surface area contributed by atoms with Crippen molar-refractivity contribution in [2.45, 2.75) is 10.3 Å². The topological polar surface area (TPSA) is 48.1 Å². The minimum Gasteiger partial charge on any atom is -0.496 e. The van der Waals surface area contributed by atoms with Gasteiger partial charge in [0.05, 0.1) is 12.4 Å². The molecule has 0 spiro atoms. The van der Waals surface area contributed by atoms with Crippen molar-refractivity contribution in [2.24, 2.45) is 5.73 Å². The van der Waals surface area contributed by atoms with Crippen molar-refractivity contribution in [3.8, 4) is 5.75 Å². The molecule has 1 unspecified atom stereocenters. The number of halogens is 1. The summed E-state index contributed by atoms with van der Waals surface area (Å²) in [7, 11) is 1.67. The number of nitrogens with two attached hydrogens (primary N) is 1. The molecule has 0 saturated heterocycles. The molecule has 0 aliphatic heterocycles. The van der Waals surface area contributed by atoms with E-state index in [9.17, 15) is 0 Å². The summed E-state index contributed by atoms with van der Waals surface area (Å²) in [5.74, 6) is 0.859. The van der Waals surface area contributed by atoms with Gasteiger partial charge in [-0.2, -0.15) is 0 Å². The Kier molecular flexibility index (Phi) is 5.24. The number of hydrogen-bond donors (Lipinski definition) is 1. The van der Waals surface area contributed by atoms with E-state index in [1.165, 1.54) is 0 Å². The highest BCUT2D eigenvalue weighted by Crippen LogP contribution is 2.39. The SMILES string of the molecule is COc1ccccc1C(CN)Sc1ncccc1Br. The van der Waals surface area contributed by atoms with Crippen molar-refractivity contribution in [3.05, 3.63) is 52.6 Å². The predicted octanol–water partition coefficient (Wildman–Crippen LogP) is 3.64. The number of hydrogen-bond acceptors (Lipinski definition) is 4. The molecule has 2 aromatic rings. The van der Waals surface area contributed by atoms with Gasteiger partial charge >= 0.3 is 0 Å². The van der Waals surface area contributed by atoms with Gasteiger partial charge in [-0.05, 0) is 34.1 Å². The summed E-state index contributed by atoms with van der Waals surface area (Å²) in [6, 6.07) is 11.8. The number of methoxy groups -OCH3 is 1. The Morgan fingerprint density at radius 2 is 2.11 bits per heavy atom. The Labute approximate surface area is 125 Å². The quantitative estimate of drug-likeness (QED) is 0.845. The fraction of sp³-hybridized carbons (Fsp3) is 0.214. The lowest BCUT2D eigenvalue weighted by atomic mass is 10.1. The van der Waals surface area contributed by atoms with Crippen molar-refractivity contribution in [3.63, 3.8) is 0 Å². The number of para-hydroxylation sites is 1. The number of pyridine rings is 1. The van der Waals surface area contributed by atoms with Crippen molar-refractivity contribution < 1.29 is 4.74 Å². The Bertz CT molecular complexity index is 550. The van der Waals surface area contributed by atoms with Gasteiger partial charge in [0.2, 0.25) is 0 Å². The van der Waals surface area contributed by atoms with E-state index >= 15 is 0 Å². The second-order valence-electron chi connectivity index (χ2n) is 3.87. The summed E-state index contributed by atoms with van der Waals surface area (Å²) in [6.45, 7) is 0.522. The Morgan fingerprint density at radius 1 is 1.32 bits per heavy atom. The Morgan fingerprint density at radius 3 is 2.79 bits per heavy atom. The fourth-order valence-electron chi connectivity index (χ4n) is 1.76. The van der Waals surface area contributed by atoms with Crippen LogP contribution in [0.25, 0.3) is 0 Å². The highest BCUT2D eigenvalue weighted by Gasteiger charge is 2.17. The molecule has 0 aliphatic rings. The third-order valence-corrected chi connectivity index (χ3v) is 4.86. The predicted molar refractivity (Wildman–Crippen MR) is 82.6 cm³/mol. The van der Waals surface area contributed by atoms with Crippen LogP contribution in [0.15, 0.2) is 52.1 Å². The monoisotopic (exact) mass is 338 g/mol. The van der Waals surface area contributed by atoms with Crippen LogP contribution in [0, 0.1) is 0 Å². The van der Waals surface area contributed by atoms with Crippen molar-refractivity contribution in [1.82, 2.24) is 4.98 Å². The molecule has 100 valence electrons. The largest absolute Gasteiger partial charge is 0.496 e. The van der Waals surface area contributed by atoms with Gasteiger partial charge in [-0.15, -0.1) is 0 Å². The van der Waals surface area contributed by atoms with Crippen molar-refractivity contribution in [2.75, 3.05) is 13.7 Å². The van der Waals surface area contributed by atoms with Gasteiger partial charge in [0, 0.05) is 22.8 Å². The smallest absolute Gasteiger partial charge is 0.123 e. The molecule has 2 rings (SSSR count). The van der Waals surface area contributed by atoms with Crippen LogP contribution in [-0.4, -0.2) is 18.6 Å². The van der Waals surface area contributed by atoms with E-state index in [2.05, 4.69) is 20.9 Å². The third-order valence-electron chi connectivity index (χ3n) is 2.68. The summed E-state index contributed by atoms with van der Waals surface area (Å²) in [4.78, 5) is 4.37. The number of benzene rings is 1. The lowest BCUT2D eigenvalue weighted by Gasteiger charge is -2.17. The molecule has 2 N–H and O–H groups in total. The van der Waals surface area contributed by atoms with Crippen LogP contribution < -0.4 is 10.5 Å². The second-order valence-corrected chi connectivity index (χ2v) is 5.92. The van der Waals surface area contributed by atoms with Gasteiger partial charge in [-0.3, -0.25) is 0 Å². The Balaban J connectivity index is 2.28. The van der Waals surface area contributed by atoms with Crippen LogP contribution in [-0.2, 0) is 0 Å². The first-order chi connectivity index (χ1) is 9.26. The lowest BCUT2D eigenvalue weighted by Crippen LogP contribution is -2.10. The van der Waals surface area contributed by atoms with E-state index in [-0.39, 0.29) is 5.25 Å². The van der Waals surface area contributed by atoms with E-state index in [1.54, 1.807) is 25.1 Å². The van der Waals surface area contributed by atoms with Gasteiger partial charge in [-0.25, -0.2) is 4.98 Å². The molecule has 1 aromatic carbocycles. The molecular formula is C14H15BrN2OS. The molecule has 0 radical (unpaired) electrons. The zero-order valence-corrected chi connectivity index (χ0v) is 12.9. The average Bonchev–Trinajstić information content (AvgIpc) is 2.46. The first-order valence-corrected chi connectivity index (χ1v) is 7.53. The van der Waals surface area contributed by atoms with E-state index in [0.29, 0.717) is 6.54 Å². The van der Waals surface area contributed by atoms with Crippen LogP contribution in [0.2, 0.25) is 0 Å². The maximum atomic E-state index is 5.91. The van der Waals surface area contributed by atoms with Crippen LogP contribution in [0.1, 0.15) is 10.8 Å². The summed E-state index contributed by atoms with van der Waals surface area (Å²) in [5, 5.41) is 1.05. The summed E-state index contributed by atoms with van der Waals surface area (Å²) in [6.07, 6.45) is 1.78. The first-order valence-electron chi connectivity index (χ1n) is 5.86. The van der Waals surface area contributed by atoms with Crippen LogP contribution in [0.4, 0.5) is 0 Å². The van der Waals surface area contributed by atoms with E-state index < -0.39 is 0 Å². The highest BCUT2D eigenvalue weighted by molar-refractivity contribution is 9.10. The normalized spacial score (nSPS) is 12.2. The maximum absolute atomic E-state index is 5.91. The number of nitrogens with zero attached hydrogens (tertiary/aromatic N) is 1. The zero-order valence-electron chi connectivity index (χ0n) is 10.5. The first kappa shape index (κ1) is 14.4. The van der Waals surface area contributed by atoms with E-state index in [1.807, 2.05) is 36.4 Å². The average molecular weight is 339 g/mol. The zero-order chi connectivity index (χ0) is 13.7. The minimum atomic E-state index is 0.113. The molecule has 0 saturated carbocycles. The summed E-state index contributed by atoms with van der Waals surface area (Å²) >= 11 is 5.14. The molecular weight excluding hydrogens is 324 g/mol. The second kappa shape index (κ2) is 6.93. The molecule has 5 heteroatoms. The molecule has 1 atom stereocenters. The molecule has 1 aromatic heterocycles. The van der Waals surface area contributed by atoms with Crippen LogP contribution >= 0.6 is 27.7 Å². The molecule has 0 bridgehead atoms. The molecule has 0 aliphatic carbocycles. The van der Waals surface area contributed by atoms with E-state index in [0.717, 1.165) is 20.8 Å². The fourth-order valence-corrected chi connectivity index (χ4v) is 3.29. The number of thioether (sulfide) groups is 1. The molecule has 0 amide bonds. The van der Waals surface area contributed by atoms with Gasteiger partial charge in [-0.1, -0.05) is 30.0 Å². The number of ether oxygens (including phenoxy) is 1. The molecule has 19 heavy (non-hydrogen) atoms. The molecule has 1 heterocycles. The number of aromatic nitrogens is 1. The molecule has 3 nitrogen and oxygen atoms in total. The van der Waals surface area contributed by atoms with Gasteiger partial charge < -0.3 is 10.5 Å². The van der Waals surface area contributed by atoms with Gasteiger partial charge in [0.15, 0.2) is 0 Å². The lowest BCUT2D eigenvalue weighted by molar-refractivity contribution is 0.409. The third kappa shape index (κ3) is 3.49. The van der Waals surface area contributed by atoms with Gasteiger partial charge in [0.1, 0.15) is 10.8 Å². The molecule has 0 fully saturated rings. The number of rotatable bonds is 5. The van der Waals surface area contributed by atoms with Gasteiger partial charge in [0.25, 0.3) is 0 Å². The summed E-state index contributed by atoms with van der Waals surface area (Å²) < 4.78 is 6.38.